The van der Waals surface area contributed by atoms with Gasteiger partial charge in [0.15, 0.2) is 0 Å². The third-order valence-corrected chi connectivity index (χ3v) is 5.61. The molecule has 8 heteroatoms. The highest BCUT2D eigenvalue weighted by atomic mass is 35.5. The van der Waals surface area contributed by atoms with Crippen molar-refractivity contribution >= 4 is 11.6 Å². The van der Waals surface area contributed by atoms with Crippen molar-refractivity contribution in [3.63, 3.8) is 0 Å². The second-order valence-corrected chi connectivity index (χ2v) is 8.00. The van der Waals surface area contributed by atoms with Crippen molar-refractivity contribution in [2.45, 2.75) is 19.5 Å². The van der Waals surface area contributed by atoms with Crippen molar-refractivity contribution in [3.05, 3.63) is 99.3 Å². The highest BCUT2D eigenvalue weighted by Gasteiger charge is 2.22. The van der Waals surface area contributed by atoms with Crippen LogP contribution in [0.3, 0.4) is 0 Å². The van der Waals surface area contributed by atoms with Crippen LogP contribution in [0.1, 0.15) is 16.8 Å². The molecule has 0 unspecified atom stereocenters. The van der Waals surface area contributed by atoms with E-state index in [-0.39, 0.29) is 5.56 Å². The smallest absolute Gasteiger partial charge is 0.255 e. The first-order chi connectivity index (χ1) is 15.7. The fourth-order valence-corrected chi connectivity index (χ4v) is 3.87. The molecule has 160 valence electrons. The van der Waals surface area contributed by atoms with Crippen molar-refractivity contribution < 1.29 is 4.74 Å². The number of nitrogens with one attached hydrogen (secondary N) is 1. The van der Waals surface area contributed by atoms with Crippen LogP contribution >= 0.6 is 11.6 Å². The molecule has 0 amide bonds. The molecule has 0 aliphatic carbocycles. The van der Waals surface area contributed by atoms with E-state index < -0.39 is 0 Å². The van der Waals surface area contributed by atoms with Gasteiger partial charge in [0.1, 0.15) is 11.6 Å². The normalized spacial score (nSPS) is 13.5. The van der Waals surface area contributed by atoms with E-state index in [1.54, 1.807) is 30.7 Å². The fourth-order valence-electron chi connectivity index (χ4n) is 3.75. The maximum atomic E-state index is 12.8. The molecule has 7 nitrogen and oxygen atoms in total. The van der Waals surface area contributed by atoms with Crippen LogP contribution in [0.5, 0.6) is 11.6 Å². The first-order valence-electron chi connectivity index (χ1n) is 10.3. The van der Waals surface area contributed by atoms with Gasteiger partial charge in [-0.05, 0) is 42.5 Å². The number of ether oxygens (including phenoxy) is 1. The van der Waals surface area contributed by atoms with Crippen molar-refractivity contribution in [1.29, 1.82) is 0 Å². The maximum absolute atomic E-state index is 12.8. The predicted octanol–water partition coefficient (Wildman–Crippen LogP) is 4.23. The van der Waals surface area contributed by atoms with Crippen molar-refractivity contribution in [2.24, 2.45) is 0 Å². The number of fused-ring (bicyclic) bond motifs is 1. The zero-order chi connectivity index (χ0) is 21.9. The van der Waals surface area contributed by atoms with Crippen molar-refractivity contribution in [2.75, 3.05) is 6.54 Å². The summed E-state index contributed by atoms with van der Waals surface area (Å²) >= 11 is 5.96. The van der Waals surface area contributed by atoms with E-state index in [2.05, 4.69) is 19.9 Å². The first kappa shape index (κ1) is 20.4. The quantitative estimate of drug-likeness (QED) is 0.495. The standard InChI is InChI=1S/C24H20ClN5O2/c25-18-5-7-19(8-6-18)32-24-17(4-2-11-27-24)14-30-12-9-21-20(15-30)23(31)29-22(28-21)16-3-1-10-26-13-16/h1-8,10-11,13H,9,12,14-15H2,(H,28,29,31). The average Bonchev–Trinajstić information content (AvgIpc) is 2.82. The topological polar surface area (TPSA) is 84.0 Å². The van der Waals surface area contributed by atoms with Crippen LogP contribution in [0, 0.1) is 0 Å². The van der Waals surface area contributed by atoms with E-state index in [1.165, 1.54) is 0 Å². The highest BCUT2D eigenvalue weighted by molar-refractivity contribution is 6.30. The second kappa shape index (κ2) is 8.90. The SMILES string of the molecule is O=c1[nH]c(-c2cccnc2)nc2c1CN(Cc1cccnc1Oc1ccc(Cl)cc1)CC2. The summed E-state index contributed by atoms with van der Waals surface area (Å²) in [5.41, 5.74) is 3.18. The Bertz CT molecular complexity index is 1290. The Morgan fingerprint density at radius 3 is 2.75 bits per heavy atom. The Morgan fingerprint density at radius 1 is 1.09 bits per heavy atom. The van der Waals surface area contributed by atoms with Crippen LogP contribution in [-0.2, 0) is 19.5 Å². The zero-order valence-corrected chi connectivity index (χ0v) is 17.9. The van der Waals surface area contributed by atoms with E-state index in [9.17, 15) is 4.79 Å². The van der Waals surface area contributed by atoms with Gasteiger partial charge in [-0.1, -0.05) is 17.7 Å². The molecule has 1 aliphatic heterocycles. The molecule has 5 rings (SSSR count). The van der Waals surface area contributed by atoms with E-state index in [0.717, 1.165) is 23.4 Å². The minimum Gasteiger partial charge on any atom is -0.439 e. The minimum absolute atomic E-state index is 0.109. The van der Waals surface area contributed by atoms with Gasteiger partial charge in [-0.2, -0.15) is 0 Å². The summed E-state index contributed by atoms with van der Waals surface area (Å²) in [6.07, 6.45) is 5.79. The van der Waals surface area contributed by atoms with Crippen LogP contribution in [0.15, 0.2) is 71.9 Å². The summed E-state index contributed by atoms with van der Waals surface area (Å²) in [7, 11) is 0. The first-order valence-corrected chi connectivity index (χ1v) is 10.7. The van der Waals surface area contributed by atoms with Gasteiger partial charge in [0.05, 0.1) is 11.3 Å². The molecule has 0 saturated carbocycles. The molecule has 0 spiro atoms. The Labute approximate surface area is 189 Å². The van der Waals surface area contributed by atoms with Crippen LogP contribution in [-0.4, -0.2) is 31.4 Å². The minimum atomic E-state index is -0.109. The molecule has 0 radical (unpaired) electrons. The van der Waals surface area contributed by atoms with E-state index in [1.807, 2.05) is 36.4 Å². The van der Waals surface area contributed by atoms with Gasteiger partial charge in [-0.3, -0.25) is 14.7 Å². The van der Waals surface area contributed by atoms with Gasteiger partial charge in [0.2, 0.25) is 5.88 Å². The third kappa shape index (κ3) is 4.39. The largest absolute Gasteiger partial charge is 0.439 e. The monoisotopic (exact) mass is 445 g/mol. The number of halogens is 1. The van der Waals surface area contributed by atoms with Gasteiger partial charge >= 0.3 is 0 Å². The van der Waals surface area contributed by atoms with Gasteiger partial charge < -0.3 is 9.72 Å². The summed E-state index contributed by atoms with van der Waals surface area (Å²) in [6, 6.07) is 14.8. The number of nitrogens with zero attached hydrogens (tertiary/aromatic N) is 4. The number of hydrogen-bond acceptors (Lipinski definition) is 6. The van der Waals surface area contributed by atoms with E-state index in [0.29, 0.717) is 47.6 Å². The molecule has 4 heterocycles. The number of H-pyrrole nitrogens is 1. The summed E-state index contributed by atoms with van der Waals surface area (Å²) in [5, 5.41) is 0.649. The molecule has 3 aromatic heterocycles. The van der Waals surface area contributed by atoms with Crippen LogP contribution in [0.25, 0.3) is 11.4 Å². The molecule has 1 aliphatic rings. The number of rotatable bonds is 5. The molecule has 0 fully saturated rings. The number of hydrogen-bond donors (Lipinski definition) is 1. The Balaban J connectivity index is 1.35. The van der Waals surface area contributed by atoms with Gasteiger partial charge in [-0.15, -0.1) is 0 Å². The Hall–Kier alpha value is -3.55. The molecule has 4 aromatic rings. The number of aromatic amines is 1. The Kier molecular flexibility index (Phi) is 5.66. The molecule has 0 bridgehead atoms. The van der Waals surface area contributed by atoms with E-state index >= 15 is 0 Å². The third-order valence-electron chi connectivity index (χ3n) is 5.35. The number of aromatic nitrogens is 4. The van der Waals surface area contributed by atoms with E-state index in [4.69, 9.17) is 21.3 Å². The summed E-state index contributed by atoms with van der Waals surface area (Å²) < 4.78 is 5.98. The van der Waals surface area contributed by atoms with Crippen molar-refractivity contribution in [1.82, 2.24) is 24.8 Å². The zero-order valence-electron chi connectivity index (χ0n) is 17.2. The lowest BCUT2D eigenvalue weighted by molar-refractivity contribution is 0.238. The average molecular weight is 446 g/mol. The molecular formula is C24H20ClN5O2. The number of benzene rings is 1. The lowest BCUT2D eigenvalue weighted by atomic mass is 10.1. The summed E-state index contributed by atoms with van der Waals surface area (Å²) in [5.74, 6) is 1.77. The van der Waals surface area contributed by atoms with Gasteiger partial charge in [0.25, 0.3) is 5.56 Å². The van der Waals surface area contributed by atoms with Crippen molar-refractivity contribution in [3.8, 4) is 23.0 Å². The predicted molar refractivity (Wildman–Crippen MR) is 122 cm³/mol. The molecular weight excluding hydrogens is 426 g/mol. The van der Waals surface area contributed by atoms with Crippen LogP contribution in [0.2, 0.25) is 5.02 Å². The van der Waals surface area contributed by atoms with Gasteiger partial charge in [-0.25, -0.2) is 9.97 Å². The molecule has 1 aromatic carbocycles. The lowest BCUT2D eigenvalue weighted by Crippen LogP contribution is -2.35. The Morgan fingerprint density at radius 2 is 1.94 bits per heavy atom. The summed E-state index contributed by atoms with van der Waals surface area (Å²) in [6.45, 7) is 1.91. The highest BCUT2D eigenvalue weighted by Crippen LogP contribution is 2.27. The maximum Gasteiger partial charge on any atom is 0.255 e. The molecule has 0 saturated heterocycles. The molecule has 1 N–H and O–H groups in total. The number of pyridine rings is 2. The van der Waals surface area contributed by atoms with Crippen LogP contribution in [0.4, 0.5) is 0 Å². The fraction of sp³-hybridized carbons (Fsp3) is 0.167. The van der Waals surface area contributed by atoms with Crippen LogP contribution < -0.4 is 10.3 Å². The lowest BCUT2D eigenvalue weighted by Gasteiger charge is -2.28. The van der Waals surface area contributed by atoms with Gasteiger partial charge in [0, 0.05) is 60.8 Å². The molecule has 0 atom stereocenters. The second-order valence-electron chi connectivity index (χ2n) is 7.57. The summed E-state index contributed by atoms with van der Waals surface area (Å²) in [4.78, 5) is 31.1. The molecule has 32 heavy (non-hydrogen) atoms.